The zero-order chi connectivity index (χ0) is 8.27. The van der Waals surface area contributed by atoms with Gasteiger partial charge in [-0.2, -0.15) is 0 Å². The topological polar surface area (TPSA) is 35.5 Å². The van der Waals surface area contributed by atoms with Crippen LogP contribution in [0.5, 0.6) is 0 Å². The van der Waals surface area contributed by atoms with Crippen LogP contribution >= 0.6 is 0 Å². The molecular formula is C8H14O3. The van der Waals surface area contributed by atoms with Crippen molar-refractivity contribution in [2.24, 2.45) is 0 Å². The van der Waals surface area contributed by atoms with E-state index in [-0.39, 0.29) is 12.2 Å². The summed E-state index contributed by atoms with van der Waals surface area (Å²) in [5.74, 6) is 0. The van der Waals surface area contributed by atoms with Gasteiger partial charge in [-0.25, -0.2) is 0 Å². The lowest BCUT2D eigenvalue weighted by Crippen LogP contribution is -2.20. The summed E-state index contributed by atoms with van der Waals surface area (Å²) in [5, 5.41) is 0. The summed E-state index contributed by atoms with van der Waals surface area (Å²) in [6.07, 6.45) is 2.11. The molecule has 3 nitrogen and oxygen atoms in total. The van der Waals surface area contributed by atoms with Gasteiger partial charge in [-0.3, -0.25) is 4.79 Å². The average Bonchev–Trinajstić information content (AvgIpc) is 2.46. The normalized spacial score (nSPS) is 37.5. The van der Waals surface area contributed by atoms with Gasteiger partial charge in [-0.15, -0.1) is 0 Å². The molecule has 0 N–H and O–H groups in total. The van der Waals surface area contributed by atoms with Crippen LogP contribution in [0, 0.1) is 0 Å². The number of hydrogen-bond acceptors (Lipinski definition) is 3. The molecule has 0 aliphatic carbocycles. The van der Waals surface area contributed by atoms with E-state index in [0.29, 0.717) is 6.29 Å². The van der Waals surface area contributed by atoms with Gasteiger partial charge in [-0.05, 0) is 12.8 Å². The summed E-state index contributed by atoms with van der Waals surface area (Å²) in [7, 11) is 0. The zero-order valence-electron chi connectivity index (χ0n) is 6.95. The van der Waals surface area contributed by atoms with E-state index in [1.165, 1.54) is 0 Å². The Bertz CT molecular complexity index is 123. The maximum absolute atomic E-state index is 10.3. The Morgan fingerprint density at radius 1 is 1.18 bits per heavy atom. The van der Waals surface area contributed by atoms with E-state index in [1.54, 1.807) is 0 Å². The summed E-state index contributed by atoms with van der Waals surface area (Å²) >= 11 is 0. The molecule has 2 unspecified atom stereocenters. The highest BCUT2D eigenvalue weighted by Crippen LogP contribution is 2.22. The van der Waals surface area contributed by atoms with Crippen molar-refractivity contribution in [1.29, 1.82) is 0 Å². The van der Waals surface area contributed by atoms with E-state index in [9.17, 15) is 4.79 Å². The highest BCUT2D eigenvalue weighted by Gasteiger charge is 2.32. The number of hydrogen-bond donors (Lipinski definition) is 0. The monoisotopic (exact) mass is 158 g/mol. The first kappa shape index (κ1) is 8.68. The first-order valence-corrected chi connectivity index (χ1v) is 4.08. The quantitative estimate of drug-likeness (QED) is 0.577. The number of rotatable bonds is 3. The van der Waals surface area contributed by atoms with Crippen LogP contribution in [-0.2, 0) is 14.3 Å². The van der Waals surface area contributed by atoms with Gasteiger partial charge in [0, 0.05) is 0 Å². The second-order valence-corrected chi connectivity index (χ2v) is 2.67. The standard InChI is InChI=1S/C8H14O3/c1-3-6-7(4-2)11-8(5-9)10-6/h5-8H,3-4H2,1-2H3. The molecule has 0 radical (unpaired) electrons. The van der Waals surface area contributed by atoms with Crippen LogP contribution in [-0.4, -0.2) is 24.8 Å². The minimum absolute atomic E-state index is 0.107. The van der Waals surface area contributed by atoms with Gasteiger partial charge < -0.3 is 9.47 Å². The Balaban J connectivity index is 2.47. The van der Waals surface area contributed by atoms with E-state index >= 15 is 0 Å². The molecule has 1 saturated heterocycles. The molecule has 3 heteroatoms. The fourth-order valence-electron chi connectivity index (χ4n) is 1.33. The summed E-state index contributed by atoms with van der Waals surface area (Å²) in [5.41, 5.74) is 0. The molecular weight excluding hydrogens is 144 g/mol. The van der Waals surface area contributed by atoms with E-state index < -0.39 is 6.29 Å². The lowest BCUT2D eigenvalue weighted by atomic mass is 10.1. The second-order valence-electron chi connectivity index (χ2n) is 2.67. The second kappa shape index (κ2) is 3.83. The molecule has 0 saturated carbocycles. The lowest BCUT2D eigenvalue weighted by Gasteiger charge is -2.11. The summed E-state index contributed by atoms with van der Waals surface area (Å²) < 4.78 is 10.5. The molecule has 0 aromatic carbocycles. The average molecular weight is 158 g/mol. The van der Waals surface area contributed by atoms with E-state index in [4.69, 9.17) is 9.47 Å². The van der Waals surface area contributed by atoms with Crippen molar-refractivity contribution in [3.8, 4) is 0 Å². The van der Waals surface area contributed by atoms with Gasteiger partial charge in [0.05, 0.1) is 12.2 Å². The van der Waals surface area contributed by atoms with Crippen molar-refractivity contribution >= 4 is 6.29 Å². The third-order valence-electron chi connectivity index (χ3n) is 1.95. The number of ether oxygens (including phenoxy) is 2. The predicted octanol–water partition coefficient (Wildman–Crippen LogP) is 1.12. The van der Waals surface area contributed by atoms with Crippen LogP contribution in [0.3, 0.4) is 0 Å². The van der Waals surface area contributed by atoms with Crippen LogP contribution in [0.15, 0.2) is 0 Å². The van der Waals surface area contributed by atoms with Crippen LogP contribution < -0.4 is 0 Å². The Kier molecular flexibility index (Phi) is 3.02. The molecule has 64 valence electrons. The van der Waals surface area contributed by atoms with Crippen molar-refractivity contribution in [2.45, 2.75) is 45.2 Å². The Labute approximate surface area is 66.7 Å². The highest BCUT2D eigenvalue weighted by atomic mass is 16.7. The predicted molar refractivity (Wildman–Crippen MR) is 40.2 cm³/mol. The zero-order valence-corrected chi connectivity index (χ0v) is 6.95. The number of carbonyl (C=O) groups is 1. The Hall–Kier alpha value is -0.410. The van der Waals surface area contributed by atoms with E-state index in [2.05, 4.69) is 0 Å². The van der Waals surface area contributed by atoms with E-state index in [0.717, 1.165) is 12.8 Å². The van der Waals surface area contributed by atoms with Crippen LogP contribution in [0.25, 0.3) is 0 Å². The van der Waals surface area contributed by atoms with Crippen LogP contribution in [0.2, 0.25) is 0 Å². The van der Waals surface area contributed by atoms with Crippen molar-refractivity contribution in [1.82, 2.24) is 0 Å². The van der Waals surface area contributed by atoms with Crippen molar-refractivity contribution in [3.63, 3.8) is 0 Å². The first-order chi connectivity index (χ1) is 5.31. The largest absolute Gasteiger partial charge is 0.340 e. The van der Waals surface area contributed by atoms with Crippen molar-refractivity contribution < 1.29 is 14.3 Å². The van der Waals surface area contributed by atoms with E-state index in [1.807, 2.05) is 13.8 Å². The molecule has 0 aromatic heterocycles. The molecule has 1 aliphatic heterocycles. The first-order valence-electron chi connectivity index (χ1n) is 4.08. The SMILES string of the molecule is CCC1OC(C=O)OC1CC. The lowest BCUT2D eigenvalue weighted by molar-refractivity contribution is -0.134. The Morgan fingerprint density at radius 3 is 1.91 bits per heavy atom. The molecule has 1 rings (SSSR count). The molecule has 0 bridgehead atoms. The maximum atomic E-state index is 10.3. The molecule has 11 heavy (non-hydrogen) atoms. The van der Waals surface area contributed by atoms with Crippen LogP contribution in [0.1, 0.15) is 26.7 Å². The summed E-state index contributed by atoms with van der Waals surface area (Å²) in [4.78, 5) is 10.3. The number of carbonyl (C=O) groups excluding carboxylic acids is 1. The molecule has 1 aliphatic rings. The van der Waals surface area contributed by atoms with Gasteiger partial charge in [0.1, 0.15) is 0 Å². The highest BCUT2D eigenvalue weighted by molar-refractivity contribution is 5.54. The van der Waals surface area contributed by atoms with Crippen molar-refractivity contribution in [3.05, 3.63) is 0 Å². The summed E-state index contributed by atoms with van der Waals surface area (Å²) in [6, 6.07) is 0. The molecule has 2 atom stereocenters. The Morgan fingerprint density at radius 2 is 1.64 bits per heavy atom. The van der Waals surface area contributed by atoms with Crippen LogP contribution in [0.4, 0.5) is 0 Å². The van der Waals surface area contributed by atoms with Gasteiger partial charge >= 0.3 is 0 Å². The van der Waals surface area contributed by atoms with Gasteiger partial charge in [-0.1, -0.05) is 13.8 Å². The van der Waals surface area contributed by atoms with Gasteiger partial charge in [0.25, 0.3) is 0 Å². The van der Waals surface area contributed by atoms with Crippen molar-refractivity contribution in [2.75, 3.05) is 0 Å². The minimum atomic E-state index is -0.620. The molecule has 0 spiro atoms. The fraction of sp³-hybridized carbons (Fsp3) is 0.875. The molecule has 0 amide bonds. The minimum Gasteiger partial charge on any atom is -0.340 e. The van der Waals surface area contributed by atoms with Gasteiger partial charge in [0.2, 0.25) is 6.29 Å². The smallest absolute Gasteiger partial charge is 0.215 e. The summed E-state index contributed by atoms with van der Waals surface area (Å²) in [6.45, 7) is 4.06. The van der Waals surface area contributed by atoms with Gasteiger partial charge in [0.15, 0.2) is 6.29 Å². The molecule has 0 aromatic rings. The molecule has 1 heterocycles. The third kappa shape index (κ3) is 1.79. The third-order valence-corrected chi connectivity index (χ3v) is 1.95. The molecule has 1 fully saturated rings. The number of aldehydes is 1. The fourth-order valence-corrected chi connectivity index (χ4v) is 1.33. The maximum Gasteiger partial charge on any atom is 0.215 e.